The largest absolute Gasteiger partial charge is 0.320 e. The Kier molecular flexibility index (Phi) is 5.14. The fraction of sp³-hybridized carbons (Fsp3) is 0.833. The van der Waals surface area contributed by atoms with Crippen LogP contribution in [0.2, 0.25) is 0 Å². The van der Waals surface area contributed by atoms with Crippen LogP contribution in [0, 0.1) is 5.92 Å². The Labute approximate surface area is 82.6 Å². The first kappa shape index (κ1) is 10.8. The van der Waals surface area contributed by atoms with Gasteiger partial charge in [-0.15, -0.1) is 0 Å². The highest BCUT2D eigenvalue weighted by Gasteiger charge is 2.12. The molecule has 76 valence electrons. The van der Waals surface area contributed by atoms with Gasteiger partial charge in [0.15, 0.2) is 0 Å². The number of rotatable bonds is 5. The van der Waals surface area contributed by atoms with E-state index in [0.717, 1.165) is 5.92 Å². The van der Waals surface area contributed by atoms with Gasteiger partial charge in [-0.25, -0.2) is 0 Å². The van der Waals surface area contributed by atoms with E-state index in [2.05, 4.69) is 18.3 Å². The molecule has 1 aliphatic rings. The fourth-order valence-electron chi connectivity index (χ4n) is 2.09. The smallest absolute Gasteiger partial charge is 0.00518 e. The number of hydrogen-bond donors (Lipinski definition) is 1. The maximum Gasteiger partial charge on any atom is -0.00518 e. The van der Waals surface area contributed by atoms with Crippen molar-refractivity contribution in [2.45, 2.75) is 45.4 Å². The fourth-order valence-corrected chi connectivity index (χ4v) is 2.09. The highest BCUT2D eigenvalue weighted by Crippen LogP contribution is 2.27. The van der Waals surface area contributed by atoms with Crippen LogP contribution in [-0.2, 0) is 0 Å². The Balaban J connectivity index is 2.14. The summed E-state index contributed by atoms with van der Waals surface area (Å²) in [6, 6.07) is 0. The lowest BCUT2D eigenvalue weighted by atomic mass is 9.86. The molecule has 1 N–H and O–H groups in total. The standard InChI is InChI=1S/C12H23N/c1-3-11-6-8-12(9-7-11)5-4-10-13-2/h6,12-13H,3-5,7-10H2,1-2H3/t12-/m1/s1. The van der Waals surface area contributed by atoms with E-state index in [-0.39, 0.29) is 0 Å². The van der Waals surface area contributed by atoms with Gasteiger partial charge in [-0.05, 0) is 58.0 Å². The molecule has 1 heteroatoms. The van der Waals surface area contributed by atoms with Crippen LogP contribution in [0.1, 0.15) is 45.4 Å². The lowest BCUT2D eigenvalue weighted by Gasteiger charge is -2.21. The quantitative estimate of drug-likeness (QED) is 0.507. The van der Waals surface area contributed by atoms with Crippen LogP contribution in [0.25, 0.3) is 0 Å². The van der Waals surface area contributed by atoms with Crippen molar-refractivity contribution in [2.75, 3.05) is 13.6 Å². The Morgan fingerprint density at radius 1 is 1.54 bits per heavy atom. The van der Waals surface area contributed by atoms with Crippen LogP contribution >= 0.6 is 0 Å². The predicted molar refractivity (Wildman–Crippen MR) is 58.9 cm³/mol. The molecule has 0 heterocycles. The van der Waals surface area contributed by atoms with Gasteiger partial charge in [0.05, 0.1) is 0 Å². The summed E-state index contributed by atoms with van der Waals surface area (Å²) in [5.41, 5.74) is 1.69. The van der Waals surface area contributed by atoms with E-state index in [9.17, 15) is 0 Å². The Morgan fingerprint density at radius 2 is 2.38 bits per heavy atom. The highest BCUT2D eigenvalue weighted by molar-refractivity contribution is 5.05. The molecule has 1 rings (SSSR count). The molecule has 13 heavy (non-hydrogen) atoms. The molecule has 0 unspecified atom stereocenters. The van der Waals surface area contributed by atoms with Crippen molar-refractivity contribution in [3.05, 3.63) is 11.6 Å². The predicted octanol–water partition coefficient (Wildman–Crippen LogP) is 3.12. The second kappa shape index (κ2) is 6.20. The van der Waals surface area contributed by atoms with Crippen molar-refractivity contribution < 1.29 is 0 Å². The van der Waals surface area contributed by atoms with Crippen LogP contribution in [0.15, 0.2) is 11.6 Å². The van der Waals surface area contributed by atoms with Crippen LogP contribution in [0.3, 0.4) is 0 Å². The van der Waals surface area contributed by atoms with E-state index in [4.69, 9.17) is 0 Å². The van der Waals surface area contributed by atoms with Crippen LogP contribution < -0.4 is 5.32 Å². The van der Waals surface area contributed by atoms with Gasteiger partial charge in [-0.3, -0.25) is 0 Å². The molecule has 0 aliphatic heterocycles. The van der Waals surface area contributed by atoms with Gasteiger partial charge in [0.2, 0.25) is 0 Å². The van der Waals surface area contributed by atoms with Gasteiger partial charge in [-0.2, -0.15) is 0 Å². The summed E-state index contributed by atoms with van der Waals surface area (Å²) < 4.78 is 0. The second-order valence-electron chi connectivity index (χ2n) is 4.10. The number of allylic oxidation sites excluding steroid dienone is 2. The summed E-state index contributed by atoms with van der Waals surface area (Å²) in [6.45, 7) is 3.45. The Morgan fingerprint density at radius 3 is 2.92 bits per heavy atom. The van der Waals surface area contributed by atoms with Crippen molar-refractivity contribution >= 4 is 0 Å². The zero-order chi connectivity index (χ0) is 9.52. The van der Waals surface area contributed by atoms with E-state index in [1.54, 1.807) is 5.57 Å². The average Bonchev–Trinajstić information content (AvgIpc) is 2.19. The van der Waals surface area contributed by atoms with Gasteiger partial charge < -0.3 is 5.32 Å². The minimum atomic E-state index is 0.976. The van der Waals surface area contributed by atoms with Crippen LogP contribution in [0.4, 0.5) is 0 Å². The summed E-state index contributed by atoms with van der Waals surface area (Å²) >= 11 is 0. The molecule has 0 saturated heterocycles. The third kappa shape index (κ3) is 3.95. The normalized spacial score (nSPS) is 22.9. The first-order chi connectivity index (χ1) is 6.36. The van der Waals surface area contributed by atoms with Gasteiger partial charge in [0.1, 0.15) is 0 Å². The summed E-state index contributed by atoms with van der Waals surface area (Å²) in [5, 5.41) is 3.21. The van der Waals surface area contributed by atoms with E-state index < -0.39 is 0 Å². The monoisotopic (exact) mass is 181 g/mol. The second-order valence-corrected chi connectivity index (χ2v) is 4.10. The molecule has 0 amide bonds. The van der Waals surface area contributed by atoms with Crippen molar-refractivity contribution in [1.82, 2.24) is 5.32 Å². The zero-order valence-corrected chi connectivity index (χ0v) is 9.10. The Bertz CT molecular complexity index is 161. The summed E-state index contributed by atoms with van der Waals surface area (Å²) in [7, 11) is 2.04. The SMILES string of the molecule is CCC1=CC[C@@H](CCCNC)CC1. The highest BCUT2D eigenvalue weighted by atomic mass is 14.8. The van der Waals surface area contributed by atoms with E-state index in [1.165, 1.54) is 45.1 Å². The Hall–Kier alpha value is -0.300. The lowest BCUT2D eigenvalue weighted by molar-refractivity contribution is 0.418. The summed E-state index contributed by atoms with van der Waals surface area (Å²) in [6.07, 6.45) is 10.6. The van der Waals surface area contributed by atoms with Gasteiger partial charge in [0.25, 0.3) is 0 Å². The van der Waals surface area contributed by atoms with Gasteiger partial charge in [-0.1, -0.05) is 18.6 Å². The molecule has 0 aromatic heterocycles. The number of nitrogens with one attached hydrogen (secondary N) is 1. The molecule has 0 aromatic carbocycles. The van der Waals surface area contributed by atoms with Crippen LogP contribution in [0.5, 0.6) is 0 Å². The van der Waals surface area contributed by atoms with Crippen molar-refractivity contribution in [3.63, 3.8) is 0 Å². The third-order valence-corrected chi connectivity index (χ3v) is 3.11. The summed E-state index contributed by atoms with van der Waals surface area (Å²) in [5.74, 6) is 0.976. The molecule has 0 bridgehead atoms. The molecule has 1 aliphatic carbocycles. The summed E-state index contributed by atoms with van der Waals surface area (Å²) in [4.78, 5) is 0. The molecular formula is C12H23N. The maximum absolute atomic E-state index is 3.21. The zero-order valence-electron chi connectivity index (χ0n) is 9.10. The van der Waals surface area contributed by atoms with E-state index >= 15 is 0 Å². The molecule has 0 aromatic rings. The van der Waals surface area contributed by atoms with E-state index in [1.807, 2.05) is 7.05 Å². The third-order valence-electron chi connectivity index (χ3n) is 3.11. The molecule has 0 radical (unpaired) electrons. The van der Waals surface area contributed by atoms with Crippen molar-refractivity contribution in [2.24, 2.45) is 5.92 Å². The molecule has 1 atom stereocenters. The average molecular weight is 181 g/mol. The van der Waals surface area contributed by atoms with E-state index in [0.29, 0.717) is 0 Å². The molecule has 1 nitrogen and oxygen atoms in total. The van der Waals surface area contributed by atoms with Crippen LogP contribution in [-0.4, -0.2) is 13.6 Å². The minimum Gasteiger partial charge on any atom is -0.320 e. The lowest BCUT2D eigenvalue weighted by Crippen LogP contribution is -2.11. The topological polar surface area (TPSA) is 12.0 Å². The van der Waals surface area contributed by atoms with Crippen molar-refractivity contribution in [3.8, 4) is 0 Å². The minimum absolute atomic E-state index is 0.976. The van der Waals surface area contributed by atoms with Crippen molar-refractivity contribution in [1.29, 1.82) is 0 Å². The molecule has 0 spiro atoms. The molecular weight excluding hydrogens is 158 g/mol. The maximum atomic E-state index is 3.21. The molecule has 0 saturated carbocycles. The van der Waals surface area contributed by atoms with Gasteiger partial charge in [0, 0.05) is 0 Å². The first-order valence-corrected chi connectivity index (χ1v) is 5.69. The van der Waals surface area contributed by atoms with Gasteiger partial charge >= 0.3 is 0 Å². The molecule has 0 fully saturated rings. The number of hydrogen-bond acceptors (Lipinski definition) is 1. The first-order valence-electron chi connectivity index (χ1n) is 5.69.